The van der Waals surface area contributed by atoms with Gasteiger partial charge < -0.3 is 10.2 Å². The van der Waals surface area contributed by atoms with Gasteiger partial charge in [-0.25, -0.2) is 0 Å². The zero-order chi connectivity index (χ0) is 41.3. The first-order chi connectivity index (χ1) is 21.7. The van der Waals surface area contributed by atoms with Crippen LogP contribution in [0.3, 0.4) is 0 Å². The van der Waals surface area contributed by atoms with Crippen LogP contribution < -0.4 is 0 Å². The van der Waals surface area contributed by atoms with Crippen molar-refractivity contribution in [3.8, 4) is 0 Å². The van der Waals surface area contributed by atoms with Crippen LogP contribution in [0.2, 0.25) is 0 Å². The van der Waals surface area contributed by atoms with Gasteiger partial charge in [0, 0.05) is 0 Å². The third-order valence-electron chi connectivity index (χ3n) is 0.1000. The standard InChI is InChI=1S/14C3H6.C2H6O2/c14*1-3-2;3-1-2-4/h14*3H,1H2,2H3;3-4H,1-2H2. The number of aliphatic hydroxyl groups excluding tert-OH is 2. The smallest absolute Gasteiger partial charge is 0.0662 e. The molecule has 0 atom stereocenters. The van der Waals surface area contributed by atoms with Gasteiger partial charge in [-0.15, -0.1) is 92.1 Å². The first-order valence-electron chi connectivity index (χ1n) is 14.9. The van der Waals surface area contributed by atoms with Crippen molar-refractivity contribution in [2.45, 2.75) is 96.9 Å². The fourth-order valence-electron chi connectivity index (χ4n) is 0. The molecule has 0 heterocycles. The minimum atomic E-state index is -0.125. The maximum Gasteiger partial charge on any atom is 0.0662 e. The van der Waals surface area contributed by atoms with Crippen LogP contribution in [0.15, 0.2) is 177 Å². The zero-order valence-corrected chi connectivity index (χ0v) is 34.3. The predicted octanol–water partition coefficient (Wildman–Crippen LogP) is 15.7. The minimum absolute atomic E-state index is 0.125. The van der Waals surface area contributed by atoms with Crippen molar-refractivity contribution < 1.29 is 10.2 Å². The van der Waals surface area contributed by atoms with Gasteiger partial charge in [0.15, 0.2) is 0 Å². The molecule has 0 unspecified atom stereocenters. The summed E-state index contributed by atoms with van der Waals surface area (Å²) in [7, 11) is 0. The number of allylic oxidation sites excluding steroid dienone is 14. The van der Waals surface area contributed by atoms with Crippen molar-refractivity contribution in [2.24, 2.45) is 0 Å². The maximum atomic E-state index is 7.62. The third-order valence-corrected chi connectivity index (χ3v) is 0.1000. The van der Waals surface area contributed by atoms with E-state index in [0.29, 0.717) is 0 Å². The molecule has 2 nitrogen and oxygen atoms in total. The molecule has 0 aliphatic rings. The fourth-order valence-corrected chi connectivity index (χ4v) is 0. The normalized spacial score (nSPS) is 4.61. The fraction of sp³-hybridized carbons (Fsp3) is 0.364. The minimum Gasteiger partial charge on any atom is -0.394 e. The van der Waals surface area contributed by atoms with E-state index in [-0.39, 0.29) is 13.2 Å². The molecule has 2 N–H and O–H groups in total. The lowest BCUT2D eigenvalue weighted by atomic mass is 10.8. The van der Waals surface area contributed by atoms with Crippen LogP contribution in [0.5, 0.6) is 0 Å². The lowest BCUT2D eigenvalue weighted by Gasteiger charge is -1.70. The van der Waals surface area contributed by atoms with Crippen molar-refractivity contribution in [3.05, 3.63) is 177 Å². The van der Waals surface area contributed by atoms with Crippen LogP contribution in [0.1, 0.15) is 96.9 Å². The Morgan fingerprint density at radius 3 is 0.239 bits per heavy atom. The van der Waals surface area contributed by atoms with Crippen molar-refractivity contribution >= 4 is 0 Å². The quantitative estimate of drug-likeness (QED) is 0.277. The van der Waals surface area contributed by atoms with Crippen LogP contribution in [0.25, 0.3) is 0 Å². The van der Waals surface area contributed by atoms with Gasteiger partial charge in [-0.3, -0.25) is 0 Å². The Labute approximate surface area is 296 Å². The number of hydrogen-bond donors (Lipinski definition) is 2. The van der Waals surface area contributed by atoms with E-state index >= 15 is 0 Å². The van der Waals surface area contributed by atoms with Gasteiger partial charge in [-0.05, 0) is 96.9 Å². The Hall–Kier alpha value is -3.72. The summed E-state index contributed by atoms with van der Waals surface area (Å²) in [6.45, 7) is 73.2. The van der Waals surface area contributed by atoms with E-state index < -0.39 is 0 Å². The summed E-state index contributed by atoms with van der Waals surface area (Å²) >= 11 is 0. The number of hydrogen-bond acceptors (Lipinski definition) is 2. The van der Waals surface area contributed by atoms with Crippen molar-refractivity contribution in [3.63, 3.8) is 0 Å². The summed E-state index contributed by atoms with van der Waals surface area (Å²) in [6, 6.07) is 0. The molecule has 0 fully saturated rings. The zero-order valence-electron chi connectivity index (χ0n) is 34.3. The molecule has 0 aromatic heterocycles. The lowest BCUT2D eigenvalue weighted by Crippen LogP contribution is -1.85. The summed E-state index contributed by atoms with van der Waals surface area (Å²) in [5, 5.41) is 15.2. The van der Waals surface area contributed by atoms with Gasteiger partial charge in [0.05, 0.1) is 13.2 Å². The van der Waals surface area contributed by atoms with Crippen molar-refractivity contribution in [2.75, 3.05) is 13.2 Å². The summed E-state index contributed by atoms with van der Waals surface area (Å²) in [4.78, 5) is 0. The Morgan fingerprint density at radius 1 is 0.217 bits per heavy atom. The molecule has 0 aliphatic carbocycles. The molecule has 278 valence electrons. The highest BCUT2D eigenvalue weighted by molar-refractivity contribution is 4.55. The van der Waals surface area contributed by atoms with Gasteiger partial charge >= 0.3 is 0 Å². The number of aliphatic hydroxyl groups is 2. The highest BCUT2D eigenvalue weighted by Gasteiger charge is 1.58. The van der Waals surface area contributed by atoms with E-state index in [0.717, 1.165) is 0 Å². The topological polar surface area (TPSA) is 40.5 Å². The molecule has 0 spiro atoms. The second kappa shape index (κ2) is 444. The van der Waals surface area contributed by atoms with Gasteiger partial charge in [0.1, 0.15) is 0 Å². The molecule has 2 heteroatoms. The summed E-state index contributed by atoms with van der Waals surface area (Å²) in [5.41, 5.74) is 0. The Bertz CT molecular complexity index is 302. The first-order valence-corrected chi connectivity index (χ1v) is 14.9. The van der Waals surface area contributed by atoms with E-state index in [1.54, 1.807) is 85.1 Å². The highest BCUT2D eigenvalue weighted by atomic mass is 16.3. The van der Waals surface area contributed by atoms with E-state index in [2.05, 4.69) is 92.1 Å². The Kier molecular flexibility index (Phi) is 935. The highest BCUT2D eigenvalue weighted by Crippen LogP contribution is 1.42. The van der Waals surface area contributed by atoms with Crippen molar-refractivity contribution in [1.82, 2.24) is 0 Å². The third kappa shape index (κ3) is 8400. The first kappa shape index (κ1) is 96.8. The Morgan fingerprint density at radius 2 is 0.239 bits per heavy atom. The molecule has 0 saturated heterocycles. The van der Waals surface area contributed by atoms with E-state index in [4.69, 9.17) is 10.2 Å². The molecule has 0 aliphatic heterocycles. The van der Waals surface area contributed by atoms with Gasteiger partial charge in [0.25, 0.3) is 0 Å². The van der Waals surface area contributed by atoms with Gasteiger partial charge in [0.2, 0.25) is 0 Å². The molecule has 0 saturated carbocycles. The molecule has 0 amide bonds. The molecule has 0 aromatic carbocycles. The average molecular weight is 651 g/mol. The molecule has 0 aromatic rings. The van der Waals surface area contributed by atoms with Crippen LogP contribution in [-0.2, 0) is 0 Å². The van der Waals surface area contributed by atoms with Gasteiger partial charge in [-0.2, -0.15) is 0 Å². The predicted molar refractivity (Wildman–Crippen MR) is 236 cm³/mol. The monoisotopic (exact) mass is 651 g/mol. The molecule has 0 rings (SSSR count). The summed E-state index contributed by atoms with van der Waals surface area (Å²) in [6.07, 6.45) is 24.5. The largest absolute Gasteiger partial charge is 0.394 e. The van der Waals surface area contributed by atoms with Gasteiger partial charge in [-0.1, -0.05) is 85.1 Å². The molecule has 0 radical (unpaired) electrons. The summed E-state index contributed by atoms with van der Waals surface area (Å²) in [5.74, 6) is 0. The second-order valence-corrected chi connectivity index (χ2v) is 6.16. The molecular weight excluding hydrogens is 560 g/mol. The summed E-state index contributed by atoms with van der Waals surface area (Å²) < 4.78 is 0. The van der Waals surface area contributed by atoms with E-state index in [1.165, 1.54) is 0 Å². The lowest BCUT2D eigenvalue weighted by molar-refractivity contribution is 0.186. The van der Waals surface area contributed by atoms with Crippen molar-refractivity contribution in [1.29, 1.82) is 0 Å². The molecular formula is C44H90O2. The second-order valence-electron chi connectivity index (χ2n) is 6.16. The van der Waals surface area contributed by atoms with E-state index in [9.17, 15) is 0 Å². The Balaban J connectivity index is -0.0000000172. The SMILES string of the molecule is C=CC.C=CC.C=CC.C=CC.C=CC.C=CC.C=CC.C=CC.C=CC.C=CC.C=CC.C=CC.C=CC.C=CC.OCCO. The van der Waals surface area contributed by atoms with Crippen LogP contribution in [-0.4, -0.2) is 23.4 Å². The molecule has 46 heavy (non-hydrogen) atoms. The number of rotatable bonds is 1. The van der Waals surface area contributed by atoms with Crippen LogP contribution in [0.4, 0.5) is 0 Å². The average Bonchev–Trinajstić information content (AvgIpc) is 2.95. The maximum absolute atomic E-state index is 7.62. The van der Waals surface area contributed by atoms with E-state index in [1.807, 2.05) is 96.9 Å². The van der Waals surface area contributed by atoms with Crippen LogP contribution >= 0.6 is 0 Å². The molecule has 0 bridgehead atoms. The van der Waals surface area contributed by atoms with Crippen LogP contribution in [0, 0.1) is 0 Å².